The predicted octanol–water partition coefficient (Wildman–Crippen LogP) is 0.505. The molecule has 1 aromatic heterocycles. The SMILES string of the molecule is COC(=O)c1nc[nH]c1C. The molecule has 10 heavy (non-hydrogen) atoms. The summed E-state index contributed by atoms with van der Waals surface area (Å²) in [6.45, 7) is 1.76. The van der Waals surface area contributed by atoms with Crippen LogP contribution in [0.15, 0.2) is 6.33 Å². The van der Waals surface area contributed by atoms with Crippen LogP contribution in [0.1, 0.15) is 16.2 Å². The van der Waals surface area contributed by atoms with Crippen LogP contribution in [0.2, 0.25) is 0 Å². The summed E-state index contributed by atoms with van der Waals surface area (Å²) in [4.78, 5) is 17.3. The lowest BCUT2D eigenvalue weighted by molar-refractivity contribution is 0.0594. The van der Waals surface area contributed by atoms with Crippen molar-refractivity contribution in [2.45, 2.75) is 6.92 Å². The minimum Gasteiger partial charge on any atom is -0.464 e. The third kappa shape index (κ3) is 1.00. The first-order chi connectivity index (χ1) is 4.75. The molecule has 1 rings (SSSR count). The summed E-state index contributed by atoms with van der Waals surface area (Å²) in [6.07, 6.45) is 1.46. The first-order valence-corrected chi connectivity index (χ1v) is 2.84. The van der Waals surface area contributed by atoms with Crippen molar-refractivity contribution in [2.24, 2.45) is 0 Å². The van der Waals surface area contributed by atoms with Crippen LogP contribution in [-0.2, 0) is 4.74 Å². The van der Waals surface area contributed by atoms with E-state index in [0.717, 1.165) is 5.69 Å². The number of nitrogens with one attached hydrogen (secondary N) is 1. The molecule has 0 atom stereocenters. The summed E-state index contributed by atoms with van der Waals surface area (Å²) in [7, 11) is 1.33. The minimum atomic E-state index is -0.404. The van der Waals surface area contributed by atoms with Gasteiger partial charge in [-0.05, 0) is 6.92 Å². The van der Waals surface area contributed by atoms with Crippen LogP contribution >= 0.6 is 0 Å². The third-order valence-corrected chi connectivity index (χ3v) is 1.21. The maximum absolute atomic E-state index is 10.8. The highest BCUT2D eigenvalue weighted by molar-refractivity contribution is 5.88. The highest BCUT2D eigenvalue weighted by Crippen LogP contribution is 2.00. The Bertz CT molecular complexity index is 242. The molecule has 0 saturated carbocycles. The maximum Gasteiger partial charge on any atom is 0.358 e. The van der Waals surface area contributed by atoms with Crippen molar-refractivity contribution in [3.63, 3.8) is 0 Å². The van der Waals surface area contributed by atoms with Gasteiger partial charge in [-0.1, -0.05) is 0 Å². The number of aromatic nitrogens is 2. The molecule has 0 aromatic carbocycles. The van der Waals surface area contributed by atoms with Gasteiger partial charge in [0.05, 0.1) is 13.4 Å². The van der Waals surface area contributed by atoms with Crippen molar-refractivity contribution in [3.05, 3.63) is 17.7 Å². The van der Waals surface area contributed by atoms with Crippen LogP contribution < -0.4 is 0 Å². The smallest absolute Gasteiger partial charge is 0.358 e. The van der Waals surface area contributed by atoms with E-state index >= 15 is 0 Å². The molecule has 1 N–H and O–H groups in total. The Labute approximate surface area is 58.2 Å². The fraction of sp³-hybridized carbons (Fsp3) is 0.333. The van der Waals surface area contributed by atoms with Gasteiger partial charge in [0.15, 0.2) is 5.69 Å². The Morgan fingerprint density at radius 1 is 1.80 bits per heavy atom. The Hall–Kier alpha value is -1.32. The van der Waals surface area contributed by atoms with Crippen molar-refractivity contribution in [3.8, 4) is 0 Å². The molecule has 0 bridgehead atoms. The van der Waals surface area contributed by atoms with Crippen LogP contribution in [0.3, 0.4) is 0 Å². The molecule has 0 amide bonds. The molecule has 0 fully saturated rings. The zero-order valence-electron chi connectivity index (χ0n) is 5.84. The molecule has 1 heterocycles. The average molecular weight is 140 g/mol. The van der Waals surface area contributed by atoms with Gasteiger partial charge in [-0.3, -0.25) is 0 Å². The summed E-state index contributed by atoms with van der Waals surface area (Å²) in [5, 5.41) is 0. The van der Waals surface area contributed by atoms with Crippen molar-refractivity contribution in [1.29, 1.82) is 0 Å². The molecule has 0 radical (unpaired) electrons. The number of methoxy groups -OCH3 is 1. The molecule has 0 aliphatic rings. The fourth-order valence-corrected chi connectivity index (χ4v) is 0.661. The molecule has 4 heteroatoms. The van der Waals surface area contributed by atoms with E-state index < -0.39 is 5.97 Å². The van der Waals surface area contributed by atoms with Gasteiger partial charge in [-0.2, -0.15) is 0 Å². The van der Waals surface area contributed by atoms with Crippen LogP contribution in [0, 0.1) is 6.92 Å². The molecule has 0 aliphatic heterocycles. The Kier molecular flexibility index (Phi) is 1.71. The third-order valence-electron chi connectivity index (χ3n) is 1.21. The number of aromatic amines is 1. The number of carbonyl (C=O) groups excluding carboxylic acids is 1. The van der Waals surface area contributed by atoms with Crippen LogP contribution in [0.4, 0.5) is 0 Å². The number of imidazole rings is 1. The molecule has 0 aliphatic carbocycles. The van der Waals surface area contributed by atoms with E-state index in [1.165, 1.54) is 13.4 Å². The van der Waals surface area contributed by atoms with Gasteiger partial charge < -0.3 is 9.72 Å². The second kappa shape index (κ2) is 2.51. The lowest BCUT2D eigenvalue weighted by Gasteiger charge is -1.93. The van der Waals surface area contributed by atoms with E-state index in [2.05, 4.69) is 14.7 Å². The van der Waals surface area contributed by atoms with E-state index in [0.29, 0.717) is 5.69 Å². The van der Waals surface area contributed by atoms with E-state index in [-0.39, 0.29) is 0 Å². The van der Waals surface area contributed by atoms with Gasteiger partial charge >= 0.3 is 5.97 Å². The fourth-order valence-electron chi connectivity index (χ4n) is 0.661. The summed E-state index contributed by atoms with van der Waals surface area (Å²) in [6, 6.07) is 0. The molecular formula is C6H8N2O2. The summed E-state index contributed by atoms with van der Waals surface area (Å²) in [5.41, 5.74) is 1.08. The number of H-pyrrole nitrogens is 1. The topological polar surface area (TPSA) is 55.0 Å². The monoisotopic (exact) mass is 140 g/mol. The van der Waals surface area contributed by atoms with Gasteiger partial charge in [0.1, 0.15) is 0 Å². The normalized spacial score (nSPS) is 9.40. The van der Waals surface area contributed by atoms with E-state index in [1.54, 1.807) is 6.92 Å². The van der Waals surface area contributed by atoms with Crippen molar-refractivity contribution in [1.82, 2.24) is 9.97 Å². The molecule has 4 nitrogen and oxygen atoms in total. The van der Waals surface area contributed by atoms with E-state index in [4.69, 9.17) is 0 Å². The quantitative estimate of drug-likeness (QED) is 0.578. The first kappa shape index (κ1) is 6.80. The molecular weight excluding hydrogens is 132 g/mol. The van der Waals surface area contributed by atoms with Crippen LogP contribution in [0.5, 0.6) is 0 Å². The summed E-state index contributed by atoms with van der Waals surface area (Å²) >= 11 is 0. The standard InChI is InChI=1S/C6H8N2O2/c1-4-5(6(9)10-2)8-3-7-4/h3H,1-2H3,(H,7,8). The predicted molar refractivity (Wildman–Crippen MR) is 34.7 cm³/mol. The van der Waals surface area contributed by atoms with Crippen molar-refractivity contribution < 1.29 is 9.53 Å². The number of nitrogens with zero attached hydrogens (tertiary/aromatic N) is 1. The molecule has 0 spiro atoms. The van der Waals surface area contributed by atoms with Gasteiger partial charge in [0.2, 0.25) is 0 Å². The Balaban J connectivity index is 2.93. The van der Waals surface area contributed by atoms with Gasteiger partial charge in [0, 0.05) is 5.69 Å². The van der Waals surface area contributed by atoms with E-state index in [9.17, 15) is 4.79 Å². The molecule has 1 aromatic rings. The highest BCUT2D eigenvalue weighted by Gasteiger charge is 2.10. The van der Waals surface area contributed by atoms with Crippen LogP contribution in [-0.4, -0.2) is 23.0 Å². The average Bonchev–Trinajstić information content (AvgIpc) is 2.34. The number of ether oxygens (including phenoxy) is 1. The second-order valence-electron chi connectivity index (χ2n) is 1.87. The highest BCUT2D eigenvalue weighted by atomic mass is 16.5. The number of hydrogen-bond acceptors (Lipinski definition) is 3. The van der Waals surface area contributed by atoms with Gasteiger partial charge in [0.25, 0.3) is 0 Å². The summed E-state index contributed by atoms with van der Waals surface area (Å²) in [5.74, 6) is -0.404. The number of esters is 1. The number of hydrogen-bond donors (Lipinski definition) is 1. The zero-order valence-corrected chi connectivity index (χ0v) is 5.84. The lowest BCUT2D eigenvalue weighted by Crippen LogP contribution is -2.03. The van der Waals surface area contributed by atoms with Crippen molar-refractivity contribution >= 4 is 5.97 Å². The molecule has 0 saturated heterocycles. The maximum atomic E-state index is 10.8. The lowest BCUT2D eigenvalue weighted by atomic mass is 10.3. The first-order valence-electron chi connectivity index (χ1n) is 2.84. The van der Waals surface area contributed by atoms with Crippen molar-refractivity contribution in [2.75, 3.05) is 7.11 Å². The number of rotatable bonds is 1. The molecule has 54 valence electrons. The summed E-state index contributed by atoms with van der Waals surface area (Å²) < 4.78 is 4.45. The molecule has 0 unspecified atom stereocenters. The largest absolute Gasteiger partial charge is 0.464 e. The minimum absolute atomic E-state index is 0.350. The number of carbonyl (C=O) groups is 1. The second-order valence-corrected chi connectivity index (χ2v) is 1.87. The van der Waals surface area contributed by atoms with E-state index in [1.807, 2.05) is 0 Å². The Morgan fingerprint density at radius 3 is 2.90 bits per heavy atom. The zero-order chi connectivity index (χ0) is 7.56. The Morgan fingerprint density at radius 2 is 2.50 bits per heavy atom. The number of aryl methyl sites for hydroxylation is 1. The van der Waals surface area contributed by atoms with Gasteiger partial charge in [-0.15, -0.1) is 0 Å². The van der Waals surface area contributed by atoms with Gasteiger partial charge in [-0.25, -0.2) is 9.78 Å². The van der Waals surface area contributed by atoms with Crippen LogP contribution in [0.25, 0.3) is 0 Å².